The fourth-order valence-electron chi connectivity index (χ4n) is 0.971. The summed E-state index contributed by atoms with van der Waals surface area (Å²) in [6.45, 7) is -0.869. The van der Waals surface area contributed by atoms with Crippen molar-refractivity contribution in [1.29, 1.82) is 0 Å². The molecule has 0 atom stereocenters. The Morgan fingerprint density at radius 1 is 1.08 bits per heavy atom. The molecule has 7 heteroatoms. The van der Waals surface area contributed by atoms with Gasteiger partial charge in [-0.25, -0.2) is 0 Å². The molecule has 0 amide bonds. The minimum absolute atomic E-state index is 0.759. The number of halogens is 2. The molecule has 0 heterocycles. The lowest BCUT2D eigenvalue weighted by Gasteiger charge is -2.24. The predicted molar refractivity (Wildman–Crippen MR) is 59.7 cm³/mol. The van der Waals surface area contributed by atoms with Crippen molar-refractivity contribution in [3.05, 3.63) is 0 Å². The van der Waals surface area contributed by atoms with E-state index in [4.69, 9.17) is 35.8 Å². The third-order valence-electron chi connectivity index (χ3n) is 1.74. The van der Waals surface area contributed by atoms with E-state index in [0.29, 0.717) is 0 Å². The summed E-state index contributed by atoms with van der Waals surface area (Å²) < 4.78 is 15.7. The molecule has 0 bridgehead atoms. The molecule has 0 radical (unpaired) electrons. The van der Waals surface area contributed by atoms with Crippen molar-refractivity contribution in [3.8, 4) is 0 Å². The molecule has 0 aliphatic rings. The fourth-order valence-corrected chi connectivity index (χ4v) is 4.11. The number of hydrogen-bond donors (Lipinski definition) is 0. The molecule has 0 aliphatic carbocycles. The topological polar surface area (TPSA) is 27.7 Å². The van der Waals surface area contributed by atoms with E-state index in [1.54, 1.807) is 21.3 Å². The van der Waals surface area contributed by atoms with E-state index in [-0.39, 0.29) is 0 Å². The van der Waals surface area contributed by atoms with E-state index in [0.717, 1.165) is 18.6 Å². The lowest BCUT2D eigenvalue weighted by molar-refractivity contribution is 0.123. The summed E-state index contributed by atoms with van der Waals surface area (Å²) in [5.41, 5.74) is 0. The molecule has 0 aromatic carbocycles. The third kappa shape index (κ3) is 5.53. The Balaban J connectivity index is 3.81. The van der Waals surface area contributed by atoms with Gasteiger partial charge in [-0.3, -0.25) is 0 Å². The zero-order chi connectivity index (χ0) is 10.3. The maximum atomic E-state index is 5.66. The Labute approximate surface area is 91.3 Å². The second-order valence-electron chi connectivity index (χ2n) is 2.43. The normalized spacial score (nSPS) is 12.5. The molecule has 0 spiro atoms. The van der Waals surface area contributed by atoms with E-state index < -0.39 is 15.4 Å². The zero-order valence-electron chi connectivity index (χ0n) is 8.05. The maximum Gasteiger partial charge on any atom is 0.500 e. The molecular formula is C6H15Cl2O3PSi. The molecule has 80 valence electrons. The van der Waals surface area contributed by atoms with Gasteiger partial charge in [0.15, 0.2) is 0 Å². The SMILES string of the molecule is CO[Si](CCCP(Cl)Cl)(OC)OC. The summed E-state index contributed by atoms with van der Waals surface area (Å²) in [5, 5.41) is 0. The van der Waals surface area contributed by atoms with Crippen molar-refractivity contribution in [2.75, 3.05) is 27.5 Å². The summed E-state index contributed by atoms with van der Waals surface area (Å²) in [6.07, 6.45) is 1.67. The van der Waals surface area contributed by atoms with Crippen LogP contribution in [-0.4, -0.2) is 36.3 Å². The van der Waals surface area contributed by atoms with Crippen LogP contribution in [0.15, 0.2) is 0 Å². The fraction of sp³-hybridized carbons (Fsp3) is 1.00. The molecular weight excluding hydrogens is 250 g/mol. The minimum Gasteiger partial charge on any atom is -0.377 e. The minimum atomic E-state index is -2.39. The van der Waals surface area contributed by atoms with Crippen LogP contribution in [0.3, 0.4) is 0 Å². The van der Waals surface area contributed by atoms with Crippen LogP contribution in [0, 0.1) is 0 Å². The van der Waals surface area contributed by atoms with E-state index >= 15 is 0 Å². The van der Waals surface area contributed by atoms with Gasteiger partial charge in [0.25, 0.3) is 0 Å². The van der Waals surface area contributed by atoms with E-state index in [1.165, 1.54) is 0 Å². The lowest BCUT2D eigenvalue weighted by atomic mass is 10.6. The molecule has 0 fully saturated rings. The monoisotopic (exact) mass is 264 g/mol. The Kier molecular flexibility index (Phi) is 8.04. The van der Waals surface area contributed by atoms with Crippen LogP contribution in [0.5, 0.6) is 0 Å². The second-order valence-corrected chi connectivity index (χ2v) is 9.54. The van der Waals surface area contributed by atoms with Gasteiger partial charge in [-0.15, -0.1) is 0 Å². The quantitative estimate of drug-likeness (QED) is 0.523. The molecule has 0 aromatic rings. The largest absolute Gasteiger partial charge is 0.500 e. The summed E-state index contributed by atoms with van der Waals surface area (Å²) in [6, 6.07) is 0.759. The molecule has 0 N–H and O–H groups in total. The van der Waals surface area contributed by atoms with Gasteiger partial charge in [-0.1, -0.05) is 22.5 Å². The standard InChI is InChI=1S/C6H15Cl2O3PSi/c1-9-13(10-2,11-3)6-4-5-12(7)8/h4-6H2,1-3H3. The first-order chi connectivity index (χ1) is 6.10. The Hall–Kier alpha value is 1.11. The Morgan fingerprint density at radius 2 is 1.54 bits per heavy atom. The highest BCUT2D eigenvalue weighted by Crippen LogP contribution is 2.47. The van der Waals surface area contributed by atoms with Crippen LogP contribution in [-0.2, 0) is 13.3 Å². The highest BCUT2D eigenvalue weighted by atomic mass is 35.9. The van der Waals surface area contributed by atoms with E-state index in [2.05, 4.69) is 0 Å². The first-order valence-corrected chi connectivity index (χ1v) is 9.11. The number of rotatable bonds is 7. The van der Waals surface area contributed by atoms with Crippen LogP contribution in [0.2, 0.25) is 6.04 Å². The lowest BCUT2D eigenvalue weighted by Crippen LogP contribution is -2.42. The van der Waals surface area contributed by atoms with Crippen molar-refractivity contribution in [1.82, 2.24) is 0 Å². The molecule has 13 heavy (non-hydrogen) atoms. The summed E-state index contributed by atoms with van der Waals surface area (Å²) in [7, 11) is 2.41. The number of hydrogen-bond acceptors (Lipinski definition) is 3. The average Bonchev–Trinajstić information content (AvgIpc) is 2.13. The Bertz CT molecular complexity index is 127. The van der Waals surface area contributed by atoms with Crippen LogP contribution in [0.25, 0.3) is 0 Å². The predicted octanol–water partition coefficient (Wildman–Crippen LogP) is 3.04. The van der Waals surface area contributed by atoms with E-state index in [1.807, 2.05) is 0 Å². The summed E-state index contributed by atoms with van der Waals surface area (Å²) in [4.78, 5) is 0. The van der Waals surface area contributed by atoms with Crippen LogP contribution >= 0.6 is 29.1 Å². The first-order valence-electron chi connectivity index (χ1n) is 3.84. The van der Waals surface area contributed by atoms with Gasteiger partial charge >= 0.3 is 8.80 Å². The van der Waals surface area contributed by atoms with Gasteiger partial charge < -0.3 is 13.3 Å². The molecule has 0 saturated heterocycles. The Morgan fingerprint density at radius 3 is 1.85 bits per heavy atom. The van der Waals surface area contributed by atoms with Gasteiger partial charge in [0.2, 0.25) is 0 Å². The molecule has 0 saturated carbocycles. The van der Waals surface area contributed by atoms with Crippen LogP contribution in [0.1, 0.15) is 6.42 Å². The van der Waals surface area contributed by atoms with Crippen molar-refractivity contribution >= 4 is 37.9 Å². The molecule has 0 rings (SSSR count). The van der Waals surface area contributed by atoms with E-state index in [9.17, 15) is 0 Å². The highest BCUT2D eigenvalue weighted by Gasteiger charge is 2.36. The second kappa shape index (κ2) is 7.41. The summed E-state index contributed by atoms with van der Waals surface area (Å²) >= 11 is 11.3. The van der Waals surface area contributed by atoms with Gasteiger partial charge in [-0.05, 0) is 12.6 Å². The van der Waals surface area contributed by atoms with Crippen molar-refractivity contribution in [3.63, 3.8) is 0 Å². The van der Waals surface area contributed by atoms with Gasteiger partial charge in [-0.2, -0.15) is 0 Å². The highest BCUT2D eigenvalue weighted by molar-refractivity contribution is 8.03. The van der Waals surface area contributed by atoms with Crippen molar-refractivity contribution in [2.24, 2.45) is 0 Å². The average molecular weight is 265 g/mol. The van der Waals surface area contributed by atoms with Gasteiger partial charge in [0, 0.05) is 27.4 Å². The third-order valence-corrected chi connectivity index (χ3v) is 6.24. The molecule has 0 aliphatic heterocycles. The summed E-state index contributed by atoms with van der Waals surface area (Å²) in [5.74, 6) is 0. The van der Waals surface area contributed by atoms with Crippen molar-refractivity contribution < 1.29 is 13.3 Å². The van der Waals surface area contributed by atoms with Gasteiger partial charge in [0.1, 0.15) is 0 Å². The van der Waals surface area contributed by atoms with Crippen LogP contribution < -0.4 is 0 Å². The molecule has 0 unspecified atom stereocenters. The zero-order valence-corrected chi connectivity index (χ0v) is 11.5. The molecule has 3 nitrogen and oxygen atoms in total. The van der Waals surface area contributed by atoms with Crippen LogP contribution in [0.4, 0.5) is 0 Å². The molecule has 0 aromatic heterocycles. The van der Waals surface area contributed by atoms with Crippen molar-refractivity contribution in [2.45, 2.75) is 12.5 Å². The van der Waals surface area contributed by atoms with Gasteiger partial charge in [0.05, 0.1) is 6.63 Å². The maximum absolute atomic E-state index is 5.66. The first kappa shape index (κ1) is 14.1. The smallest absolute Gasteiger partial charge is 0.377 e.